The van der Waals surface area contributed by atoms with E-state index in [1.807, 2.05) is 6.92 Å². The van der Waals surface area contributed by atoms with Gasteiger partial charge in [-0.2, -0.15) is 0 Å². The molecular weight excluding hydrogens is 186 g/mol. The highest BCUT2D eigenvalue weighted by atomic mass is 32.1. The molecule has 0 radical (unpaired) electrons. The smallest absolute Gasteiger partial charge is 0.294 e. The lowest BCUT2D eigenvalue weighted by Gasteiger charge is -2.09. The highest BCUT2D eigenvalue weighted by molar-refractivity contribution is 7.12. The first-order valence-electron chi connectivity index (χ1n) is 4.39. The molecule has 1 aromatic rings. The molecule has 5 heteroatoms. The molecule has 1 aliphatic rings. The van der Waals surface area contributed by atoms with Crippen molar-refractivity contribution in [2.45, 2.75) is 19.4 Å². The zero-order valence-electron chi connectivity index (χ0n) is 7.86. The first kappa shape index (κ1) is 8.90. The van der Waals surface area contributed by atoms with Crippen molar-refractivity contribution in [3.05, 3.63) is 5.01 Å². The second-order valence-electron chi connectivity index (χ2n) is 3.38. The number of ether oxygens (including phenoxy) is 1. The van der Waals surface area contributed by atoms with Crippen LogP contribution in [-0.2, 0) is 0 Å². The number of aryl methyl sites for hydroxylation is 1. The summed E-state index contributed by atoms with van der Waals surface area (Å²) >= 11 is 1.51. The number of rotatable bonds is 2. The van der Waals surface area contributed by atoms with Crippen molar-refractivity contribution < 1.29 is 4.74 Å². The van der Waals surface area contributed by atoms with Gasteiger partial charge in [-0.1, -0.05) is 11.3 Å². The molecule has 1 atom stereocenters. The fourth-order valence-corrected chi connectivity index (χ4v) is 2.06. The van der Waals surface area contributed by atoms with Crippen LogP contribution in [0.4, 0.5) is 0 Å². The summed E-state index contributed by atoms with van der Waals surface area (Å²) in [6.07, 6.45) is 1.40. The Balaban J connectivity index is 1.91. The van der Waals surface area contributed by atoms with Gasteiger partial charge in [-0.15, -0.1) is 10.2 Å². The molecule has 1 aromatic heterocycles. The number of hydrogen-bond acceptors (Lipinski definition) is 5. The molecule has 2 rings (SSSR count). The molecule has 0 saturated carbocycles. The topological polar surface area (TPSA) is 38.3 Å². The molecular formula is C8H13N3OS. The molecule has 0 amide bonds. The zero-order valence-corrected chi connectivity index (χ0v) is 8.67. The van der Waals surface area contributed by atoms with E-state index in [2.05, 4.69) is 22.1 Å². The van der Waals surface area contributed by atoms with Gasteiger partial charge in [-0.25, -0.2) is 0 Å². The van der Waals surface area contributed by atoms with Crippen LogP contribution in [0.2, 0.25) is 0 Å². The summed E-state index contributed by atoms with van der Waals surface area (Å²) in [5.41, 5.74) is 0. The van der Waals surface area contributed by atoms with Crippen LogP contribution in [0.1, 0.15) is 11.4 Å². The quantitative estimate of drug-likeness (QED) is 0.710. The van der Waals surface area contributed by atoms with Gasteiger partial charge in [-0.3, -0.25) is 0 Å². The molecule has 2 heterocycles. The van der Waals surface area contributed by atoms with Crippen LogP contribution < -0.4 is 4.74 Å². The van der Waals surface area contributed by atoms with Crippen LogP contribution in [0.3, 0.4) is 0 Å². The SMILES string of the molecule is Cc1nnc(OC2CCN(C)C2)s1. The summed E-state index contributed by atoms with van der Waals surface area (Å²) in [5.74, 6) is 0. The minimum atomic E-state index is 0.303. The second-order valence-corrected chi connectivity index (χ2v) is 4.52. The van der Waals surface area contributed by atoms with Gasteiger partial charge in [0.1, 0.15) is 11.1 Å². The summed E-state index contributed by atoms with van der Waals surface area (Å²) in [6.45, 7) is 4.05. The molecule has 0 aromatic carbocycles. The lowest BCUT2D eigenvalue weighted by Crippen LogP contribution is -2.21. The van der Waals surface area contributed by atoms with Crippen molar-refractivity contribution in [1.29, 1.82) is 0 Å². The van der Waals surface area contributed by atoms with Gasteiger partial charge in [0, 0.05) is 13.1 Å². The summed E-state index contributed by atoms with van der Waals surface area (Å²) in [6, 6.07) is 0. The van der Waals surface area contributed by atoms with Gasteiger partial charge in [0.25, 0.3) is 5.19 Å². The Bertz CT molecular complexity index is 289. The first-order valence-corrected chi connectivity index (χ1v) is 5.21. The average Bonchev–Trinajstić information content (AvgIpc) is 2.62. The van der Waals surface area contributed by atoms with Crippen LogP contribution in [0.15, 0.2) is 0 Å². The maximum atomic E-state index is 5.67. The normalized spacial score (nSPS) is 23.7. The molecule has 1 fully saturated rings. The zero-order chi connectivity index (χ0) is 9.26. The van der Waals surface area contributed by atoms with Crippen LogP contribution in [0, 0.1) is 6.92 Å². The van der Waals surface area contributed by atoms with Gasteiger partial charge in [0.05, 0.1) is 0 Å². The minimum absolute atomic E-state index is 0.303. The predicted octanol–water partition coefficient (Wildman–Crippen LogP) is 0.929. The number of aromatic nitrogens is 2. The molecule has 13 heavy (non-hydrogen) atoms. The summed E-state index contributed by atoms with van der Waals surface area (Å²) < 4.78 is 5.67. The van der Waals surface area contributed by atoms with E-state index in [9.17, 15) is 0 Å². The van der Waals surface area contributed by atoms with Crippen LogP contribution >= 0.6 is 11.3 Å². The van der Waals surface area contributed by atoms with Gasteiger partial charge in [-0.05, 0) is 20.4 Å². The predicted molar refractivity (Wildman–Crippen MR) is 51.2 cm³/mol. The van der Waals surface area contributed by atoms with Crippen molar-refractivity contribution in [3.8, 4) is 5.19 Å². The van der Waals surface area contributed by atoms with Crippen molar-refractivity contribution in [3.63, 3.8) is 0 Å². The molecule has 1 aliphatic heterocycles. The standard InChI is InChI=1S/C8H13N3OS/c1-6-9-10-8(13-6)12-7-3-4-11(2)5-7/h7H,3-5H2,1-2H3. The van der Waals surface area contributed by atoms with Crippen molar-refractivity contribution in [2.24, 2.45) is 0 Å². The average molecular weight is 199 g/mol. The van der Waals surface area contributed by atoms with E-state index in [-0.39, 0.29) is 0 Å². The third kappa shape index (κ3) is 2.16. The van der Waals surface area contributed by atoms with E-state index in [1.54, 1.807) is 0 Å². The number of nitrogens with zero attached hydrogens (tertiary/aromatic N) is 3. The molecule has 1 saturated heterocycles. The highest BCUT2D eigenvalue weighted by Crippen LogP contribution is 2.20. The Kier molecular flexibility index (Phi) is 2.46. The van der Waals surface area contributed by atoms with Gasteiger partial charge in [0.2, 0.25) is 0 Å². The van der Waals surface area contributed by atoms with E-state index in [0.29, 0.717) is 11.3 Å². The Morgan fingerprint density at radius 1 is 1.54 bits per heavy atom. The summed E-state index contributed by atoms with van der Waals surface area (Å²) in [4.78, 5) is 2.26. The molecule has 0 N–H and O–H groups in total. The van der Waals surface area contributed by atoms with Gasteiger partial charge < -0.3 is 9.64 Å². The second kappa shape index (κ2) is 3.59. The van der Waals surface area contributed by atoms with E-state index in [4.69, 9.17) is 4.74 Å². The van der Waals surface area contributed by atoms with Crippen molar-refractivity contribution in [2.75, 3.05) is 20.1 Å². The number of hydrogen-bond donors (Lipinski definition) is 0. The number of likely N-dealkylation sites (N-methyl/N-ethyl adjacent to an activating group) is 1. The van der Waals surface area contributed by atoms with Crippen molar-refractivity contribution in [1.82, 2.24) is 15.1 Å². The molecule has 0 spiro atoms. The van der Waals surface area contributed by atoms with Crippen LogP contribution in [0.25, 0.3) is 0 Å². The van der Waals surface area contributed by atoms with E-state index in [0.717, 1.165) is 24.5 Å². The molecule has 4 nitrogen and oxygen atoms in total. The summed E-state index contributed by atoms with van der Waals surface area (Å²) in [7, 11) is 2.11. The Morgan fingerprint density at radius 2 is 2.38 bits per heavy atom. The largest absolute Gasteiger partial charge is 0.464 e. The van der Waals surface area contributed by atoms with E-state index < -0.39 is 0 Å². The monoisotopic (exact) mass is 199 g/mol. The van der Waals surface area contributed by atoms with Gasteiger partial charge in [0.15, 0.2) is 0 Å². The molecule has 72 valence electrons. The van der Waals surface area contributed by atoms with Crippen molar-refractivity contribution >= 4 is 11.3 Å². The third-order valence-electron chi connectivity index (χ3n) is 2.12. The third-order valence-corrected chi connectivity index (χ3v) is 2.85. The summed E-state index contributed by atoms with van der Waals surface area (Å²) in [5, 5.41) is 9.51. The molecule has 0 aliphatic carbocycles. The van der Waals surface area contributed by atoms with Crippen LogP contribution in [-0.4, -0.2) is 41.3 Å². The fraction of sp³-hybridized carbons (Fsp3) is 0.750. The fourth-order valence-electron chi connectivity index (χ4n) is 1.46. The van der Waals surface area contributed by atoms with E-state index >= 15 is 0 Å². The van der Waals surface area contributed by atoms with Crippen LogP contribution in [0.5, 0.6) is 5.19 Å². The number of likely N-dealkylation sites (tertiary alicyclic amines) is 1. The lowest BCUT2D eigenvalue weighted by molar-refractivity contribution is 0.206. The Hall–Kier alpha value is -0.680. The highest BCUT2D eigenvalue weighted by Gasteiger charge is 2.21. The minimum Gasteiger partial charge on any atom is -0.464 e. The maximum absolute atomic E-state index is 5.67. The lowest BCUT2D eigenvalue weighted by atomic mass is 10.3. The Morgan fingerprint density at radius 3 is 2.92 bits per heavy atom. The van der Waals surface area contributed by atoms with Gasteiger partial charge >= 0.3 is 0 Å². The van der Waals surface area contributed by atoms with E-state index in [1.165, 1.54) is 11.3 Å². The first-order chi connectivity index (χ1) is 6.24. The Labute approximate surface area is 81.5 Å². The maximum Gasteiger partial charge on any atom is 0.294 e. The molecule has 1 unspecified atom stereocenters. The molecule has 0 bridgehead atoms.